The van der Waals surface area contributed by atoms with Crippen LogP contribution in [0.25, 0.3) is 0 Å². The van der Waals surface area contributed by atoms with Gasteiger partial charge >= 0.3 is 0 Å². The van der Waals surface area contributed by atoms with Gasteiger partial charge in [0.05, 0.1) is 6.54 Å². The second kappa shape index (κ2) is 7.47. The Morgan fingerprint density at radius 3 is 2.67 bits per heavy atom. The lowest BCUT2D eigenvalue weighted by molar-refractivity contribution is 0.244. The molecule has 2 aromatic rings. The highest BCUT2D eigenvalue weighted by Crippen LogP contribution is 2.43. The fourth-order valence-corrected chi connectivity index (χ4v) is 3.28. The zero-order chi connectivity index (χ0) is 16.8. The molecule has 0 saturated heterocycles. The minimum absolute atomic E-state index is 0.238. The van der Waals surface area contributed by atoms with Crippen LogP contribution in [-0.4, -0.2) is 34.3 Å². The van der Waals surface area contributed by atoms with Gasteiger partial charge in [-0.15, -0.1) is 10.2 Å². The normalized spacial score (nSPS) is 16.5. The van der Waals surface area contributed by atoms with Crippen molar-refractivity contribution in [3.05, 3.63) is 48.0 Å². The monoisotopic (exact) mass is 326 g/mol. The van der Waals surface area contributed by atoms with Crippen LogP contribution in [0.4, 0.5) is 0 Å². The standard InChI is InChI=1S/C18H26N6/c1-3-24-14-22-23-16(24)12-20-17(19-2)21-13-18(10-7-11-18)15-8-5-4-6-9-15/h4-6,8-9,14H,3,7,10-13H2,1-2H3,(H2,19,20,21). The fraction of sp³-hybridized carbons (Fsp3) is 0.500. The Balaban J connectivity index is 1.58. The topological polar surface area (TPSA) is 67.1 Å². The van der Waals surface area contributed by atoms with Crippen LogP contribution in [0, 0.1) is 0 Å². The van der Waals surface area contributed by atoms with Crippen molar-refractivity contribution in [2.45, 2.75) is 44.7 Å². The van der Waals surface area contributed by atoms with Crippen LogP contribution >= 0.6 is 0 Å². The maximum atomic E-state index is 4.34. The molecule has 1 aliphatic rings. The number of rotatable bonds is 6. The Morgan fingerprint density at radius 1 is 1.25 bits per heavy atom. The summed E-state index contributed by atoms with van der Waals surface area (Å²) in [5.74, 6) is 1.73. The van der Waals surface area contributed by atoms with Crippen molar-refractivity contribution in [1.82, 2.24) is 25.4 Å². The summed E-state index contributed by atoms with van der Waals surface area (Å²) in [5.41, 5.74) is 1.66. The Hall–Kier alpha value is -2.37. The molecule has 0 amide bonds. The molecule has 128 valence electrons. The van der Waals surface area contributed by atoms with Crippen LogP contribution in [0.1, 0.15) is 37.6 Å². The van der Waals surface area contributed by atoms with E-state index in [9.17, 15) is 0 Å². The first-order chi connectivity index (χ1) is 11.8. The third-order valence-corrected chi connectivity index (χ3v) is 4.97. The van der Waals surface area contributed by atoms with E-state index in [-0.39, 0.29) is 5.41 Å². The quantitative estimate of drug-likeness (QED) is 0.630. The maximum Gasteiger partial charge on any atom is 0.191 e. The second-order valence-corrected chi connectivity index (χ2v) is 6.31. The first kappa shape index (κ1) is 16.5. The summed E-state index contributed by atoms with van der Waals surface area (Å²) < 4.78 is 2.03. The van der Waals surface area contributed by atoms with Crippen molar-refractivity contribution in [2.24, 2.45) is 4.99 Å². The van der Waals surface area contributed by atoms with E-state index in [2.05, 4.69) is 63.1 Å². The van der Waals surface area contributed by atoms with Crippen LogP contribution in [0.2, 0.25) is 0 Å². The van der Waals surface area contributed by atoms with Crippen LogP contribution in [0.3, 0.4) is 0 Å². The molecule has 1 aromatic heterocycles. The van der Waals surface area contributed by atoms with Gasteiger partial charge in [-0.1, -0.05) is 36.8 Å². The van der Waals surface area contributed by atoms with Gasteiger partial charge in [0.25, 0.3) is 0 Å². The molecule has 2 N–H and O–H groups in total. The van der Waals surface area contributed by atoms with E-state index in [0.717, 1.165) is 24.9 Å². The van der Waals surface area contributed by atoms with Crippen molar-refractivity contribution in [2.75, 3.05) is 13.6 Å². The van der Waals surface area contributed by atoms with E-state index in [4.69, 9.17) is 0 Å². The van der Waals surface area contributed by atoms with Gasteiger partial charge in [0, 0.05) is 25.6 Å². The van der Waals surface area contributed by atoms with Gasteiger partial charge in [-0.3, -0.25) is 4.99 Å². The number of nitrogens with zero attached hydrogens (tertiary/aromatic N) is 4. The molecule has 0 spiro atoms. The fourth-order valence-electron chi connectivity index (χ4n) is 3.28. The predicted molar refractivity (Wildman–Crippen MR) is 95.9 cm³/mol. The van der Waals surface area contributed by atoms with E-state index in [1.54, 1.807) is 13.4 Å². The molecular weight excluding hydrogens is 300 g/mol. The maximum absolute atomic E-state index is 4.34. The predicted octanol–water partition coefficient (Wildman–Crippen LogP) is 2.08. The van der Waals surface area contributed by atoms with Gasteiger partial charge in [0.2, 0.25) is 0 Å². The van der Waals surface area contributed by atoms with Gasteiger partial charge < -0.3 is 15.2 Å². The largest absolute Gasteiger partial charge is 0.356 e. The number of hydrogen-bond donors (Lipinski definition) is 2. The first-order valence-corrected chi connectivity index (χ1v) is 8.64. The number of hydrogen-bond acceptors (Lipinski definition) is 3. The van der Waals surface area contributed by atoms with E-state index in [1.807, 2.05) is 4.57 Å². The van der Waals surface area contributed by atoms with E-state index < -0.39 is 0 Å². The van der Waals surface area contributed by atoms with E-state index in [1.165, 1.54) is 24.8 Å². The summed E-state index contributed by atoms with van der Waals surface area (Å²) >= 11 is 0. The molecule has 0 aliphatic heterocycles. The molecule has 1 heterocycles. The van der Waals surface area contributed by atoms with Crippen molar-refractivity contribution < 1.29 is 0 Å². The number of aromatic nitrogens is 3. The van der Waals surface area contributed by atoms with Crippen molar-refractivity contribution in [3.63, 3.8) is 0 Å². The molecule has 1 fully saturated rings. The summed E-state index contributed by atoms with van der Waals surface area (Å²) in [7, 11) is 1.80. The van der Waals surface area contributed by atoms with Crippen LogP contribution in [0.5, 0.6) is 0 Å². The second-order valence-electron chi connectivity index (χ2n) is 6.31. The Bertz CT molecular complexity index is 672. The van der Waals surface area contributed by atoms with Gasteiger partial charge in [-0.25, -0.2) is 0 Å². The molecule has 6 heteroatoms. The van der Waals surface area contributed by atoms with Gasteiger partial charge in [0.1, 0.15) is 6.33 Å². The summed E-state index contributed by atoms with van der Waals surface area (Å²) in [6, 6.07) is 10.8. The molecule has 0 unspecified atom stereocenters. The summed E-state index contributed by atoms with van der Waals surface area (Å²) in [5, 5.41) is 14.9. The van der Waals surface area contributed by atoms with Crippen LogP contribution in [0.15, 0.2) is 41.7 Å². The summed E-state index contributed by atoms with van der Waals surface area (Å²) in [6.45, 7) is 4.47. The average Bonchev–Trinajstić information content (AvgIpc) is 3.05. The van der Waals surface area contributed by atoms with Gasteiger partial charge in [-0.05, 0) is 25.3 Å². The molecule has 24 heavy (non-hydrogen) atoms. The third kappa shape index (κ3) is 3.42. The number of aliphatic imine (C=N–C) groups is 1. The van der Waals surface area contributed by atoms with Gasteiger partial charge in [0.15, 0.2) is 11.8 Å². The molecule has 0 bridgehead atoms. The van der Waals surface area contributed by atoms with Crippen molar-refractivity contribution in [1.29, 1.82) is 0 Å². The van der Waals surface area contributed by atoms with E-state index >= 15 is 0 Å². The summed E-state index contributed by atoms with van der Waals surface area (Å²) in [4.78, 5) is 4.34. The molecule has 0 radical (unpaired) electrons. The van der Waals surface area contributed by atoms with Crippen LogP contribution in [-0.2, 0) is 18.5 Å². The molecule has 1 aliphatic carbocycles. The number of aryl methyl sites for hydroxylation is 1. The molecule has 1 aromatic carbocycles. The molecule has 3 rings (SSSR count). The molecule has 6 nitrogen and oxygen atoms in total. The zero-order valence-electron chi connectivity index (χ0n) is 14.5. The lowest BCUT2D eigenvalue weighted by atomic mass is 9.64. The average molecular weight is 326 g/mol. The van der Waals surface area contributed by atoms with Crippen molar-refractivity contribution >= 4 is 5.96 Å². The van der Waals surface area contributed by atoms with Crippen LogP contribution < -0.4 is 10.6 Å². The minimum Gasteiger partial charge on any atom is -0.356 e. The Morgan fingerprint density at radius 2 is 2.04 bits per heavy atom. The lowest BCUT2D eigenvalue weighted by Gasteiger charge is -2.43. The minimum atomic E-state index is 0.238. The first-order valence-electron chi connectivity index (χ1n) is 8.64. The van der Waals surface area contributed by atoms with Gasteiger partial charge in [-0.2, -0.15) is 0 Å². The lowest BCUT2D eigenvalue weighted by Crippen LogP contribution is -2.48. The van der Waals surface area contributed by atoms with Crippen molar-refractivity contribution in [3.8, 4) is 0 Å². The van der Waals surface area contributed by atoms with E-state index in [0.29, 0.717) is 6.54 Å². The Labute approximate surface area is 143 Å². The smallest absolute Gasteiger partial charge is 0.191 e. The SMILES string of the molecule is CCn1cnnc1CNC(=NC)NCC1(c2ccccc2)CCC1. The highest BCUT2D eigenvalue weighted by molar-refractivity contribution is 5.79. The molecule has 0 atom stereocenters. The Kier molecular flexibility index (Phi) is 5.13. The summed E-state index contributed by atoms with van der Waals surface area (Å²) in [6.07, 6.45) is 5.50. The zero-order valence-corrected chi connectivity index (χ0v) is 14.5. The highest BCUT2D eigenvalue weighted by Gasteiger charge is 2.38. The highest BCUT2D eigenvalue weighted by atomic mass is 15.3. The molecule has 1 saturated carbocycles. The number of benzene rings is 1. The number of guanidine groups is 1. The molecular formula is C18H26N6. The number of nitrogens with one attached hydrogen (secondary N) is 2. The third-order valence-electron chi connectivity index (χ3n) is 4.97.